The van der Waals surface area contributed by atoms with Crippen LogP contribution in [-0.2, 0) is 44.9 Å². The molecule has 0 saturated carbocycles. The van der Waals surface area contributed by atoms with Crippen LogP contribution in [0.1, 0.15) is 22.3 Å². The van der Waals surface area contributed by atoms with E-state index in [4.69, 9.17) is 5.73 Å². The lowest BCUT2D eigenvalue weighted by Gasteiger charge is -2.25. The minimum Gasteiger partial charge on any atom is -0.508 e. The number of hydrogen-bond acceptors (Lipinski definition) is 8. The van der Waals surface area contributed by atoms with Crippen molar-refractivity contribution in [1.29, 1.82) is 0 Å². The fourth-order valence-electron chi connectivity index (χ4n) is 5.01. The molecule has 48 heavy (non-hydrogen) atoms. The van der Waals surface area contributed by atoms with Crippen molar-refractivity contribution in [2.45, 2.75) is 49.9 Å². The fraction of sp³-hybridized carbons (Fsp3) is 0.222. The molecule has 0 bridgehead atoms. The lowest BCUT2D eigenvalue weighted by molar-refractivity contribution is -0.142. The quantitative estimate of drug-likeness (QED) is 0.0940. The first-order chi connectivity index (χ1) is 23.0. The summed E-state index contributed by atoms with van der Waals surface area (Å²) in [4.78, 5) is 52.9. The molecule has 12 heteroatoms. The zero-order valence-electron chi connectivity index (χ0n) is 26.0. The molecule has 0 aliphatic heterocycles. The Morgan fingerprint density at radius 3 is 1.21 bits per heavy atom. The van der Waals surface area contributed by atoms with E-state index in [2.05, 4.69) is 16.0 Å². The standard InChI is InChI=1S/C36H38N4O8/c37-29(18-22-4-2-1-3-5-22)33(44)38-30(19-23-6-12-26(41)13-7-23)34(45)39-31(20-24-8-14-27(42)15-9-24)35(46)40-32(36(47)48)21-25-10-16-28(43)17-11-25/h1-17,29-32,41-43H,18-21,37H2,(H,38,44)(H,39,45)(H,40,46)(H,47,48). The number of benzene rings is 4. The SMILES string of the molecule is NC(Cc1ccccc1)C(=O)NC(Cc1ccc(O)cc1)C(=O)NC(Cc1ccc(O)cc1)C(=O)NC(Cc1ccc(O)cc1)C(=O)O. The lowest BCUT2D eigenvalue weighted by Crippen LogP contribution is -2.58. The molecule has 4 unspecified atom stereocenters. The molecule has 12 nitrogen and oxygen atoms in total. The Labute approximate surface area is 277 Å². The van der Waals surface area contributed by atoms with Crippen molar-refractivity contribution in [3.63, 3.8) is 0 Å². The normalized spacial score (nSPS) is 13.4. The number of aromatic hydroxyl groups is 3. The number of phenolic OH excluding ortho intramolecular Hbond substituents is 3. The van der Waals surface area contributed by atoms with Gasteiger partial charge >= 0.3 is 5.97 Å². The van der Waals surface area contributed by atoms with Gasteiger partial charge < -0.3 is 42.1 Å². The second-order valence-corrected chi connectivity index (χ2v) is 11.4. The molecule has 0 aliphatic rings. The zero-order valence-corrected chi connectivity index (χ0v) is 26.0. The van der Waals surface area contributed by atoms with Crippen LogP contribution in [0, 0.1) is 0 Å². The lowest BCUT2D eigenvalue weighted by atomic mass is 10.0. The summed E-state index contributed by atoms with van der Waals surface area (Å²) in [5.74, 6) is -3.42. The molecule has 0 aromatic heterocycles. The highest BCUT2D eigenvalue weighted by Crippen LogP contribution is 2.15. The Hall–Kier alpha value is -5.88. The summed E-state index contributed by atoms with van der Waals surface area (Å²) < 4.78 is 0. The first kappa shape index (κ1) is 35.0. The number of nitrogens with one attached hydrogen (secondary N) is 3. The third kappa shape index (κ3) is 10.6. The molecule has 4 atom stereocenters. The molecule has 0 heterocycles. The molecular formula is C36H38N4O8. The van der Waals surface area contributed by atoms with Gasteiger partial charge in [0.2, 0.25) is 17.7 Å². The molecule has 9 N–H and O–H groups in total. The van der Waals surface area contributed by atoms with Gasteiger partial charge in [-0.3, -0.25) is 14.4 Å². The van der Waals surface area contributed by atoms with Gasteiger partial charge in [0.05, 0.1) is 6.04 Å². The van der Waals surface area contributed by atoms with E-state index in [1.165, 1.54) is 48.5 Å². The average molecular weight is 655 g/mol. The van der Waals surface area contributed by atoms with Crippen molar-refractivity contribution in [1.82, 2.24) is 16.0 Å². The Morgan fingerprint density at radius 2 is 0.812 bits per heavy atom. The van der Waals surface area contributed by atoms with Crippen LogP contribution >= 0.6 is 0 Å². The number of carboxylic acid groups (broad SMARTS) is 1. The molecule has 4 aromatic carbocycles. The van der Waals surface area contributed by atoms with Crippen LogP contribution in [0.15, 0.2) is 103 Å². The monoisotopic (exact) mass is 654 g/mol. The smallest absolute Gasteiger partial charge is 0.326 e. The molecule has 4 aromatic rings. The summed E-state index contributed by atoms with van der Waals surface area (Å²) in [5.41, 5.74) is 8.73. The summed E-state index contributed by atoms with van der Waals surface area (Å²) in [6, 6.07) is 22.2. The molecular weight excluding hydrogens is 616 g/mol. The van der Waals surface area contributed by atoms with Crippen molar-refractivity contribution >= 4 is 23.7 Å². The van der Waals surface area contributed by atoms with Crippen LogP contribution in [-0.4, -0.2) is 68.3 Å². The van der Waals surface area contributed by atoms with E-state index in [1.807, 2.05) is 30.3 Å². The number of rotatable bonds is 15. The maximum atomic E-state index is 13.9. The predicted molar refractivity (Wildman–Crippen MR) is 177 cm³/mol. The predicted octanol–water partition coefficient (Wildman–Crippen LogP) is 1.94. The van der Waals surface area contributed by atoms with Crippen molar-refractivity contribution < 1.29 is 39.6 Å². The van der Waals surface area contributed by atoms with Crippen molar-refractivity contribution in [3.8, 4) is 17.2 Å². The van der Waals surface area contributed by atoms with Crippen LogP contribution in [0.2, 0.25) is 0 Å². The highest BCUT2D eigenvalue weighted by molar-refractivity contribution is 5.94. The number of aliphatic carboxylic acids is 1. The highest BCUT2D eigenvalue weighted by atomic mass is 16.4. The Bertz CT molecular complexity index is 1680. The maximum absolute atomic E-state index is 13.9. The number of hydrogen-bond donors (Lipinski definition) is 8. The molecule has 0 fully saturated rings. The number of phenols is 3. The molecule has 4 rings (SSSR count). The summed E-state index contributed by atoms with van der Waals surface area (Å²) in [6.07, 6.45) is 0.0304. The van der Waals surface area contributed by atoms with Crippen LogP contribution in [0.4, 0.5) is 0 Å². The second-order valence-electron chi connectivity index (χ2n) is 11.4. The van der Waals surface area contributed by atoms with Crippen LogP contribution in [0.3, 0.4) is 0 Å². The van der Waals surface area contributed by atoms with E-state index < -0.39 is 47.9 Å². The number of carbonyl (C=O) groups excluding carboxylic acids is 3. The molecule has 0 radical (unpaired) electrons. The fourth-order valence-corrected chi connectivity index (χ4v) is 5.01. The van der Waals surface area contributed by atoms with Crippen LogP contribution in [0.5, 0.6) is 17.2 Å². The van der Waals surface area contributed by atoms with Gasteiger partial charge in [-0.15, -0.1) is 0 Å². The molecule has 0 spiro atoms. The second kappa shape index (κ2) is 16.6. The molecule has 0 saturated heterocycles. The van der Waals surface area contributed by atoms with Crippen molar-refractivity contribution in [2.24, 2.45) is 5.73 Å². The number of amides is 3. The minimum atomic E-state index is -1.37. The Kier molecular flexibility index (Phi) is 12.1. The number of carbonyl (C=O) groups is 4. The van der Waals surface area contributed by atoms with Gasteiger partial charge in [-0.1, -0.05) is 66.7 Å². The van der Waals surface area contributed by atoms with Gasteiger partial charge in [-0.25, -0.2) is 4.79 Å². The summed E-state index contributed by atoms with van der Waals surface area (Å²) >= 11 is 0. The van der Waals surface area contributed by atoms with E-state index in [-0.39, 0.29) is 42.9 Å². The number of carboxylic acids is 1. The van der Waals surface area contributed by atoms with Crippen LogP contribution in [0.25, 0.3) is 0 Å². The molecule has 0 aliphatic carbocycles. The Balaban J connectivity index is 1.56. The third-order valence-corrected chi connectivity index (χ3v) is 7.64. The van der Waals surface area contributed by atoms with Crippen LogP contribution < -0.4 is 21.7 Å². The third-order valence-electron chi connectivity index (χ3n) is 7.64. The highest BCUT2D eigenvalue weighted by Gasteiger charge is 2.31. The van der Waals surface area contributed by atoms with Crippen molar-refractivity contribution in [3.05, 3.63) is 125 Å². The molecule has 250 valence electrons. The van der Waals surface area contributed by atoms with E-state index in [1.54, 1.807) is 24.3 Å². The van der Waals surface area contributed by atoms with Gasteiger partial charge in [0.15, 0.2) is 0 Å². The van der Waals surface area contributed by atoms with Gasteiger partial charge in [0.1, 0.15) is 35.4 Å². The van der Waals surface area contributed by atoms with Crippen molar-refractivity contribution in [2.75, 3.05) is 0 Å². The molecule has 3 amide bonds. The topological polar surface area (TPSA) is 211 Å². The maximum Gasteiger partial charge on any atom is 0.326 e. The first-order valence-corrected chi connectivity index (χ1v) is 15.2. The van der Waals surface area contributed by atoms with E-state index in [0.717, 1.165) is 5.56 Å². The summed E-state index contributed by atoms with van der Waals surface area (Å²) in [6.45, 7) is 0. The number of nitrogens with two attached hydrogens (primary N) is 1. The minimum absolute atomic E-state index is 0.00121. The first-order valence-electron chi connectivity index (χ1n) is 15.2. The van der Waals surface area contributed by atoms with E-state index >= 15 is 0 Å². The average Bonchev–Trinajstić information content (AvgIpc) is 3.07. The largest absolute Gasteiger partial charge is 0.508 e. The summed E-state index contributed by atoms with van der Waals surface area (Å²) in [7, 11) is 0. The van der Waals surface area contributed by atoms with E-state index in [0.29, 0.717) is 16.7 Å². The Morgan fingerprint density at radius 1 is 0.479 bits per heavy atom. The summed E-state index contributed by atoms with van der Waals surface area (Å²) in [5, 5.41) is 46.8. The zero-order chi connectivity index (χ0) is 34.6. The van der Waals surface area contributed by atoms with Gasteiger partial charge in [0.25, 0.3) is 0 Å². The van der Waals surface area contributed by atoms with Gasteiger partial charge in [-0.2, -0.15) is 0 Å². The van der Waals surface area contributed by atoms with Gasteiger partial charge in [-0.05, 0) is 65.1 Å². The van der Waals surface area contributed by atoms with Gasteiger partial charge in [0, 0.05) is 19.3 Å². The van der Waals surface area contributed by atoms with E-state index in [9.17, 15) is 39.6 Å².